The van der Waals surface area contributed by atoms with E-state index in [1.807, 2.05) is 12.5 Å². The van der Waals surface area contributed by atoms with Crippen LogP contribution in [0.25, 0.3) is 0 Å². The molecule has 1 aromatic rings. The van der Waals surface area contributed by atoms with Gasteiger partial charge in [0.25, 0.3) is 0 Å². The van der Waals surface area contributed by atoms with E-state index in [1.165, 1.54) is 37.8 Å². The molecule has 19 heavy (non-hydrogen) atoms. The number of aromatic nitrogens is 2. The molecule has 1 N–H and O–H groups in total. The summed E-state index contributed by atoms with van der Waals surface area (Å²) in [5, 5.41) is 3.50. The van der Waals surface area contributed by atoms with Gasteiger partial charge in [-0.05, 0) is 37.6 Å². The number of hydrogen-bond acceptors (Lipinski definition) is 2. The van der Waals surface area contributed by atoms with Crippen molar-refractivity contribution in [2.24, 2.45) is 11.8 Å². The molecule has 0 aromatic carbocycles. The molecule has 0 amide bonds. The largest absolute Gasteiger partial charge is 0.330 e. The summed E-state index contributed by atoms with van der Waals surface area (Å²) in [5.41, 5.74) is 1.35. The Balaban J connectivity index is 2.08. The van der Waals surface area contributed by atoms with E-state index in [-0.39, 0.29) is 0 Å². The zero-order valence-electron chi connectivity index (χ0n) is 12.7. The van der Waals surface area contributed by atoms with Crippen LogP contribution in [0.1, 0.15) is 64.6 Å². The zero-order valence-corrected chi connectivity index (χ0v) is 12.7. The Bertz CT molecular complexity index is 370. The number of nitrogens with one attached hydrogen (secondary N) is 1. The summed E-state index contributed by atoms with van der Waals surface area (Å²) in [6.07, 6.45) is 10.7. The van der Waals surface area contributed by atoms with Crippen molar-refractivity contribution in [3.8, 4) is 0 Å². The maximum absolute atomic E-state index is 4.39. The Morgan fingerprint density at radius 1 is 1.37 bits per heavy atom. The molecular formula is C16H29N3. The number of hydrogen-bond donors (Lipinski definition) is 1. The van der Waals surface area contributed by atoms with Gasteiger partial charge >= 0.3 is 0 Å². The van der Waals surface area contributed by atoms with Crippen molar-refractivity contribution in [3.63, 3.8) is 0 Å². The topological polar surface area (TPSA) is 29.9 Å². The molecule has 0 spiro atoms. The molecule has 1 aliphatic rings. The molecule has 1 aromatic heterocycles. The van der Waals surface area contributed by atoms with Crippen molar-refractivity contribution in [2.45, 2.75) is 65.5 Å². The molecule has 108 valence electrons. The smallest absolute Gasteiger partial charge is 0.0951 e. The highest BCUT2D eigenvalue weighted by Crippen LogP contribution is 2.38. The molecule has 0 bridgehead atoms. The van der Waals surface area contributed by atoms with Gasteiger partial charge < -0.3 is 9.88 Å². The van der Waals surface area contributed by atoms with E-state index in [2.05, 4.69) is 35.6 Å². The minimum atomic E-state index is 0.662. The molecule has 1 heterocycles. The molecule has 0 aliphatic heterocycles. The van der Waals surface area contributed by atoms with Crippen molar-refractivity contribution in [2.75, 3.05) is 6.54 Å². The average Bonchev–Trinajstić information content (AvgIpc) is 2.87. The van der Waals surface area contributed by atoms with E-state index in [0.29, 0.717) is 6.04 Å². The first-order valence-corrected chi connectivity index (χ1v) is 7.95. The molecule has 0 saturated heterocycles. The van der Waals surface area contributed by atoms with E-state index in [1.54, 1.807) is 0 Å². The third kappa shape index (κ3) is 3.59. The Kier molecular flexibility index (Phi) is 5.44. The molecule has 2 unspecified atom stereocenters. The standard InChI is InChI=1S/C16H29N3/c1-4-9-17-10-14-11-18-12-19(14)16-8-6-5-7-15(16)13(2)3/h11-13,15-17H,4-10H2,1-3H3. The quantitative estimate of drug-likeness (QED) is 0.792. The maximum Gasteiger partial charge on any atom is 0.0951 e. The van der Waals surface area contributed by atoms with Crippen LogP contribution in [-0.4, -0.2) is 16.1 Å². The fourth-order valence-electron chi connectivity index (χ4n) is 3.42. The van der Waals surface area contributed by atoms with Crippen LogP contribution in [0.2, 0.25) is 0 Å². The van der Waals surface area contributed by atoms with Gasteiger partial charge in [0.05, 0.1) is 12.0 Å². The SMILES string of the molecule is CCCNCc1cncn1C1CCCCC1C(C)C. The third-order valence-electron chi connectivity index (χ3n) is 4.47. The lowest BCUT2D eigenvalue weighted by molar-refractivity contribution is 0.181. The van der Waals surface area contributed by atoms with Crippen molar-refractivity contribution < 1.29 is 0 Å². The van der Waals surface area contributed by atoms with E-state index in [4.69, 9.17) is 0 Å². The average molecular weight is 263 g/mol. The summed E-state index contributed by atoms with van der Waals surface area (Å²) in [6, 6.07) is 0.662. The fourth-order valence-corrected chi connectivity index (χ4v) is 3.42. The highest BCUT2D eigenvalue weighted by atomic mass is 15.1. The van der Waals surface area contributed by atoms with Gasteiger partial charge in [0, 0.05) is 18.8 Å². The Morgan fingerprint density at radius 2 is 2.16 bits per heavy atom. The van der Waals surface area contributed by atoms with Crippen molar-refractivity contribution in [1.82, 2.24) is 14.9 Å². The van der Waals surface area contributed by atoms with Crippen LogP contribution in [0.4, 0.5) is 0 Å². The first kappa shape index (κ1) is 14.6. The van der Waals surface area contributed by atoms with E-state index >= 15 is 0 Å². The molecule has 1 saturated carbocycles. The number of imidazole rings is 1. The summed E-state index contributed by atoms with van der Waals surface area (Å²) in [6.45, 7) is 8.99. The third-order valence-corrected chi connectivity index (χ3v) is 4.47. The number of nitrogens with zero attached hydrogens (tertiary/aromatic N) is 2. The second-order valence-electron chi connectivity index (χ2n) is 6.23. The van der Waals surface area contributed by atoms with Crippen LogP contribution in [0, 0.1) is 11.8 Å². The molecular weight excluding hydrogens is 234 g/mol. The van der Waals surface area contributed by atoms with Crippen LogP contribution in [-0.2, 0) is 6.54 Å². The van der Waals surface area contributed by atoms with Gasteiger partial charge in [-0.2, -0.15) is 0 Å². The second-order valence-corrected chi connectivity index (χ2v) is 6.23. The van der Waals surface area contributed by atoms with Crippen LogP contribution >= 0.6 is 0 Å². The fraction of sp³-hybridized carbons (Fsp3) is 0.812. The monoisotopic (exact) mass is 263 g/mol. The summed E-state index contributed by atoms with van der Waals surface area (Å²) in [5.74, 6) is 1.58. The summed E-state index contributed by atoms with van der Waals surface area (Å²) < 4.78 is 2.45. The lowest BCUT2D eigenvalue weighted by Gasteiger charge is -2.36. The minimum Gasteiger partial charge on any atom is -0.330 e. The predicted molar refractivity (Wildman–Crippen MR) is 80.1 cm³/mol. The van der Waals surface area contributed by atoms with Gasteiger partial charge in [-0.3, -0.25) is 0 Å². The Labute approximate surface area is 117 Å². The lowest BCUT2D eigenvalue weighted by Crippen LogP contribution is -2.29. The van der Waals surface area contributed by atoms with Gasteiger partial charge in [-0.1, -0.05) is 33.6 Å². The van der Waals surface area contributed by atoms with Crippen LogP contribution in [0.3, 0.4) is 0 Å². The zero-order chi connectivity index (χ0) is 13.7. The van der Waals surface area contributed by atoms with E-state index in [0.717, 1.165) is 24.9 Å². The highest BCUT2D eigenvalue weighted by molar-refractivity contribution is 5.02. The van der Waals surface area contributed by atoms with Gasteiger partial charge in [0.15, 0.2) is 0 Å². The van der Waals surface area contributed by atoms with Crippen LogP contribution in [0.5, 0.6) is 0 Å². The van der Waals surface area contributed by atoms with Gasteiger partial charge in [-0.15, -0.1) is 0 Å². The van der Waals surface area contributed by atoms with Gasteiger partial charge in [0.1, 0.15) is 0 Å². The molecule has 2 atom stereocenters. The first-order valence-electron chi connectivity index (χ1n) is 7.95. The van der Waals surface area contributed by atoms with Gasteiger partial charge in [-0.25, -0.2) is 4.98 Å². The molecule has 3 nitrogen and oxygen atoms in total. The highest BCUT2D eigenvalue weighted by Gasteiger charge is 2.29. The predicted octanol–water partition coefficient (Wildman–Crippen LogP) is 3.77. The Hall–Kier alpha value is -0.830. The number of rotatable bonds is 6. The normalized spacial score (nSPS) is 24.0. The lowest BCUT2D eigenvalue weighted by atomic mass is 9.77. The van der Waals surface area contributed by atoms with Crippen LogP contribution < -0.4 is 5.32 Å². The molecule has 0 radical (unpaired) electrons. The van der Waals surface area contributed by atoms with Crippen molar-refractivity contribution in [1.29, 1.82) is 0 Å². The second kappa shape index (κ2) is 7.09. The van der Waals surface area contributed by atoms with Crippen molar-refractivity contribution >= 4 is 0 Å². The van der Waals surface area contributed by atoms with Crippen LogP contribution in [0.15, 0.2) is 12.5 Å². The summed E-state index contributed by atoms with van der Waals surface area (Å²) in [7, 11) is 0. The van der Waals surface area contributed by atoms with Crippen molar-refractivity contribution in [3.05, 3.63) is 18.2 Å². The molecule has 1 fully saturated rings. The maximum atomic E-state index is 4.39. The van der Waals surface area contributed by atoms with E-state index in [9.17, 15) is 0 Å². The Morgan fingerprint density at radius 3 is 2.89 bits per heavy atom. The van der Waals surface area contributed by atoms with Gasteiger partial charge in [0.2, 0.25) is 0 Å². The summed E-state index contributed by atoms with van der Waals surface area (Å²) >= 11 is 0. The first-order chi connectivity index (χ1) is 9.24. The van der Waals surface area contributed by atoms with E-state index < -0.39 is 0 Å². The molecule has 2 rings (SSSR count). The molecule has 1 aliphatic carbocycles. The summed E-state index contributed by atoms with van der Waals surface area (Å²) in [4.78, 5) is 4.39. The minimum absolute atomic E-state index is 0.662. The molecule has 3 heteroatoms.